The number of aliphatic hydroxyl groups excluding tert-OH is 1. The first kappa shape index (κ1) is 23.6. The number of fused-ring (bicyclic) bond motifs is 2. The Kier molecular flexibility index (Phi) is 7.06. The van der Waals surface area contributed by atoms with Crippen LogP contribution in [0, 0.1) is 0 Å². The topological polar surface area (TPSA) is 30.0 Å². The van der Waals surface area contributed by atoms with Gasteiger partial charge in [-0.05, 0) is 72.0 Å². The van der Waals surface area contributed by atoms with Crippen molar-refractivity contribution in [2.45, 2.75) is 25.0 Å². The standard InChI is InChI=1S/C26H30Cl3N3O/c1-30-8-10-31(11-9-30)15-25-22-12-17-2-4-19(27)14-21(17)20(22)6-7-32(25)16-26(33)18-3-5-23(28)24(29)13-18/h2-5,13-14,25-26,33H,6-12,15-16H2,1H3. The monoisotopic (exact) mass is 505 g/mol. The van der Waals surface area contributed by atoms with Gasteiger partial charge in [0.05, 0.1) is 16.1 Å². The minimum atomic E-state index is -0.616. The Balaban J connectivity index is 1.41. The summed E-state index contributed by atoms with van der Waals surface area (Å²) in [6.07, 6.45) is 1.34. The lowest BCUT2D eigenvalue weighted by atomic mass is 9.91. The summed E-state index contributed by atoms with van der Waals surface area (Å²) in [7, 11) is 2.19. The molecule has 0 aromatic heterocycles. The summed E-state index contributed by atoms with van der Waals surface area (Å²) in [5.74, 6) is 0. The molecule has 2 aromatic carbocycles. The second-order valence-corrected chi connectivity index (χ2v) is 10.8. The maximum atomic E-state index is 11.1. The van der Waals surface area contributed by atoms with E-state index in [9.17, 15) is 5.11 Å². The fraction of sp³-hybridized carbons (Fsp3) is 0.462. The molecule has 1 saturated heterocycles. The lowest BCUT2D eigenvalue weighted by Crippen LogP contribution is -2.53. The second-order valence-electron chi connectivity index (χ2n) is 9.54. The summed E-state index contributed by atoms with van der Waals surface area (Å²) in [5, 5.41) is 12.9. The number of nitrogens with zero attached hydrogens (tertiary/aromatic N) is 3. The molecule has 0 radical (unpaired) electrons. The van der Waals surface area contributed by atoms with Crippen molar-refractivity contribution in [3.63, 3.8) is 0 Å². The summed E-state index contributed by atoms with van der Waals surface area (Å²) in [5.41, 5.74) is 6.47. The fourth-order valence-electron chi connectivity index (χ4n) is 5.48. The van der Waals surface area contributed by atoms with E-state index in [0.717, 1.165) is 62.7 Å². The fourth-order valence-corrected chi connectivity index (χ4v) is 5.96. The summed E-state index contributed by atoms with van der Waals surface area (Å²) in [6, 6.07) is 12.0. The van der Waals surface area contributed by atoms with E-state index >= 15 is 0 Å². The molecular formula is C26H30Cl3N3O. The molecule has 176 valence electrons. The van der Waals surface area contributed by atoms with Gasteiger partial charge in [0.15, 0.2) is 0 Å². The van der Waals surface area contributed by atoms with Crippen molar-refractivity contribution in [1.29, 1.82) is 0 Å². The molecule has 7 heteroatoms. The van der Waals surface area contributed by atoms with Crippen molar-refractivity contribution < 1.29 is 5.11 Å². The average Bonchev–Trinajstić information content (AvgIpc) is 3.16. The summed E-state index contributed by atoms with van der Waals surface area (Å²) in [6.45, 7) is 6.84. The van der Waals surface area contributed by atoms with Gasteiger partial charge >= 0.3 is 0 Å². The van der Waals surface area contributed by atoms with Gasteiger partial charge in [0.1, 0.15) is 0 Å². The van der Waals surface area contributed by atoms with Gasteiger partial charge in [0.2, 0.25) is 0 Å². The van der Waals surface area contributed by atoms with E-state index in [-0.39, 0.29) is 6.04 Å². The van der Waals surface area contributed by atoms with Crippen LogP contribution in [0.5, 0.6) is 0 Å². The lowest BCUT2D eigenvalue weighted by molar-refractivity contribution is 0.0678. The van der Waals surface area contributed by atoms with Gasteiger partial charge in [-0.25, -0.2) is 0 Å². The Bertz CT molecular complexity index is 1060. The minimum absolute atomic E-state index is 0.278. The first-order valence-corrected chi connectivity index (χ1v) is 12.8. The van der Waals surface area contributed by atoms with E-state index in [0.29, 0.717) is 16.6 Å². The van der Waals surface area contributed by atoms with Gasteiger partial charge < -0.3 is 10.0 Å². The summed E-state index contributed by atoms with van der Waals surface area (Å²) in [4.78, 5) is 7.44. The van der Waals surface area contributed by atoms with Crippen LogP contribution >= 0.6 is 34.8 Å². The molecule has 2 heterocycles. The number of rotatable bonds is 5. The van der Waals surface area contributed by atoms with Crippen molar-refractivity contribution in [3.05, 3.63) is 73.7 Å². The van der Waals surface area contributed by atoms with E-state index in [1.807, 2.05) is 12.1 Å². The normalized spacial score (nSPS) is 23.0. The summed E-state index contributed by atoms with van der Waals surface area (Å²) >= 11 is 18.7. The van der Waals surface area contributed by atoms with Crippen molar-refractivity contribution in [2.24, 2.45) is 0 Å². The Morgan fingerprint density at radius 2 is 1.76 bits per heavy atom. The Labute approximate surface area is 211 Å². The number of hydrogen-bond donors (Lipinski definition) is 1. The predicted molar refractivity (Wildman–Crippen MR) is 137 cm³/mol. The third-order valence-corrected chi connectivity index (χ3v) is 8.39. The van der Waals surface area contributed by atoms with Crippen LogP contribution in [-0.2, 0) is 6.42 Å². The highest BCUT2D eigenvalue weighted by Crippen LogP contribution is 2.42. The highest BCUT2D eigenvalue weighted by molar-refractivity contribution is 6.42. The first-order valence-electron chi connectivity index (χ1n) is 11.7. The molecule has 0 amide bonds. The van der Waals surface area contributed by atoms with Crippen LogP contribution in [0.3, 0.4) is 0 Å². The van der Waals surface area contributed by atoms with Gasteiger partial charge in [0.25, 0.3) is 0 Å². The predicted octanol–water partition coefficient (Wildman–Crippen LogP) is 5.01. The van der Waals surface area contributed by atoms with Crippen LogP contribution < -0.4 is 0 Å². The van der Waals surface area contributed by atoms with Crippen LogP contribution in [0.4, 0.5) is 0 Å². The smallest absolute Gasteiger partial charge is 0.0917 e. The third-order valence-electron chi connectivity index (χ3n) is 7.42. The molecule has 3 aliphatic rings. The van der Waals surface area contributed by atoms with Gasteiger partial charge in [0, 0.05) is 56.9 Å². The van der Waals surface area contributed by atoms with Crippen LogP contribution in [-0.4, -0.2) is 78.7 Å². The van der Waals surface area contributed by atoms with Gasteiger partial charge in [-0.15, -0.1) is 0 Å². The maximum Gasteiger partial charge on any atom is 0.0917 e. The SMILES string of the molecule is CN1CCN(CC2C3=C(CCN2CC(O)c2ccc(Cl)c(Cl)c2)c2cc(Cl)ccc2C3)CC1. The molecule has 1 aliphatic carbocycles. The molecular weight excluding hydrogens is 477 g/mol. The number of aliphatic hydroxyl groups is 1. The molecule has 1 N–H and O–H groups in total. The van der Waals surface area contributed by atoms with Crippen molar-refractivity contribution in [1.82, 2.24) is 14.7 Å². The Morgan fingerprint density at radius 1 is 0.970 bits per heavy atom. The third kappa shape index (κ3) is 4.99. The quantitative estimate of drug-likeness (QED) is 0.617. The van der Waals surface area contributed by atoms with Crippen LogP contribution in [0.1, 0.15) is 29.2 Å². The minimum Gasteiger partial charge on any atom is -0.387 e. The van der Waals surface area contributed by atoms with E-state index in [1.54, 1.807) is 12.1 Å². The molecule has 1 fully saturated rings. The van der Waals surface area contributed by atoms with Crippen LogP contribution in [0.25, 0.3) is 5.57 Å². The van der Waals surface area contributed by atoms with Gasteiger partial charge in [-0.3, -0.25) is 9.80 Å². The first-order chi connectivity index (χ1) is 15.9. The zero-order valence-corrected chi connectivity index (χ0v) is 21.2. The van der Waals surface area contributed by atoms with Gasteiger partial charge in [-0.2, -0.15) is 0 Å². The molecule has 2 atom stereocenters. The maximum absolute atomic E-state index is 11.1. The molecule has 0 saturated carbocycles. The molecule has 0 spiro atoms. The Hall–Kier alpha value is -1.11. The van der Waals surface area contributed by atoms with Crippen molar-refractivity contribution in [2.75, 3.05) is 52.9 Å². The number of halogens is 3. The summed E-state index contributed by atoms with van der Waals surface area (Å²) < 4.78 is 0. The molecule has 33 heavy (non-hydrogen) atoms. The second kappa shape index (κ2) is 9.87. The van der Waals surface area contributed by atoms with Crippen molar-refractivity contribution >= 4 is 40.4 Å². The molecule has 4 nitrogen and oxygen atoms in total. The lowest BCUT2D eigenvalue weighted by Gasteiger charge is -2.42. The van der Waals surface area contributed by atoms with Crippen LogP contribution in [0.2, 0.25) is 15.1 Å². The average molecular weight is 507 g/mol. The van der Waals surface area contributed by atoms with Crippen LogP contribution in [0.15, 0.2) is 42.0 Å². The van der Waals surface area contributed by atoms with E-state index in [1.165, 1.54) is 22.3 Å². The molecule has 2 aliphatic heterocycles. The highest BCUT2D eigenvalue weighted by atomic mass is 35.5. The molecule has 0 bridgehead atoms. The number of piperazine rings is 1. The Morgan fingerprint density at radius 3 is 2.52 bits per heavy atom. The van der Waals surface area contributed by atoms with E-state index in [4.69, 9.17) is 34.8 Å². The van der Waals surface area contributed by atoms with Crippen molar-refractivity contribution in [3.8, 4) is 0 Å². The zero-order chi connectivity index (χ0) is 23.1. The van der Waals surface area contributed by atoms with E-state index in [2.05, 4.69) is 33.9 Å². The number of hydrogen-bond acceptors (Lipinski definition) is 4. The molecule has 2 aromatic rings. The zero-order valence-electron chi connectivity index (χ0n) is 18.9. The van der Waals surface area contributed by atoms with E-state index < -0.39 is 6.10 Å². The number of β-amino-alcohol motifs (C(OH)–C–C–N with tert-alkyl or cyclic N) is 1. The number of benzene rings is 2. The largest absolute Gasteiger partial charge is 0.387 e. The molecule has 5 rings (SSSR count). The molecule has 2 unspecified atom stereocenters. The van der Waals surface area contributed by atoms with Gasteiger partial charge in [-0.1, -0.05) is 46.9 Å². The number of likely N-dealkylation sites (N-methyl/N-ethyl adjacent to an activating group) is 1. The highest BCUT2D eigenvalue weighted by Gasteiger charge is 2.36.